The Morgan fingerprint density at radius 2 is 1.93 bits per heavy atom. The minimum Gasteiger partial charge on any atom is -0.352 e. The Morgan fingerprint density at radius 1 is 1.19 bits per heavy atom. The summed E-state index contributed by atoms with van der Waals surface area (Å²) in [4.78, 5) is 49.0. The van der Waals surface area contributed by atoms with E-state index in [0.717, 1.165) is 38.5 Å². The predicted molar refractivity (Wildman–Crippen MR) is 101 cm³/mol. The molecule has 0 aliphatic heterocycles. The van der Waals surface area contributed by atoms with Gasteiger partial charge >= 0.3 is 5.69 Å². The molecule has 0 radical (unpaired) electrons. The van der Waals surface area contributed by atoms with E-state index >= 15 is 0 Å². The van der Waals surface area contributed by atoms with Gasteiger partial charge in [-0.15, -0.1) is 0 Å². The van der Waals surface area contributed by atoms with Crippen molar-refractivity contribution in [2.75, 3.05) is 0 Å². The highest BCUT2D eigenvalue weighted by Crippen LogP contribution is 2.41. The van der Waals surface area contributed by atoms with Crippen LogP contribution in [0, 0.1) is 0 Å². The lowest BCUT2D eigenvalue weighted by atomic mass is 10.3. The summed E-state index contributed by atoms with van der Waals surface area (Å²) in [5.74, 6) is 0.916. The van der Waals surface area contributed by atoms with Gasteiger partial charge in [-0.2, -0.15) is 0 Å². The lowest BCUT2D eigenvalue weighted by Gasteiger charge is -2.14. The summed E-state index contributed by atoms with van der Waals surface area (Å²) >= 11 is 1.27. The first-order valence-electron chi connectivity index (χ1n) is 9.54. The fourth-order valence-electron chi connectivity index (χ4n) is 3.18. The van der Waals surface area contributed by atoms with Crippen LogP contribution in [0.5, 0.6) is 0 Å². The first-order chi connectivity index (χ1) is 13.0. The molecule has 27 heavy (non-hydrogen) atoms. The van der Waals surface area contributed by atoms with Gasteiger partial charge < -0.3 is 5.32 Å². The Kier molecular flexibility index (Phi) is 3.89. The highest BCUT2D eigenvalue weighted by molar-refractivity contribution is 8.00. The Hall–Kier alpha value is -2.16. The maximum atomic E-state index is 12.6. The van der Waals surface area contributed by atoms with Gasteiger partial charge in [-0.3, -0.25) is 19.1 Å². The van der Waals surface area contributed by atoms with Crippen LogP contribution in [0.4, 0.5) is 0 Å². The zero-order valence-corrected chi connectivity index (χ0v) is 15.8. The minimum atomic E-state index is -0.480. The average Bonchev–Trinajstić information content (AvgIpc) is 3.42. The fraction of sp³-hybridized carbons (Fsp3) is 0.611. The van der Waals surface area contributed by atoms with Gasteiger partial charge in [-0.1, -0.05) is 11.8 Å². The Balaban J connectivity index is 1.61. The maximum absolute atomic E-state index is 12.6. The maximum Gasteiger partial charge on any atom is 0.330 e. The quantitative estimate of drug-likeness (QED) is 0.573. The van der Waals surface area contributed by atoms with Crippen LogP contribution >= 0.6 is 11.8 Å². The van der Waals surface area contributed by atoms with Crippen LogP contribution in [0.1, 0.15) is 63.2 Å². The number of hydrogen-bond acceptors (Lipinski definition) is 6. The summed E-state index contributed by atoms with van der Waals surface area (Å²) in [5, 5.41) is 3.43. The van der Waals surface area contributed by atoms with E-state index in [1.807, 2.05) is 6.92 Å². The molecular weight excluding hydrogens is 366 g/mol. The number of amides is 1. The first-order valence-corrected chi connectivity index (χ1v) is 10.4. The highest BCUT2D eigenvalue weighted by atomic mass is 32.2. The molecule has 2 aromatic heterocycles. The van der Waals surface area contributed by atoms with Crippen molar-refractivity contribution in [1.29, 1.82) is 0 Å². The van der Waals surface area contributed by atoms with Gasteiger partial charge in [-0.05, 0) is 45.4 Å². The lowest BCUT2D eigenvalue weighted by molar-refractivity contribution is -0.120. The molecule has 3 aliphatic rings. The van der Waals surface area contributed by atoms with E-state index in [1.54, 1.807) is 4.57 Å². The van der Waals surface area contributed by atoms with Crippen LogP contribution in [-0.4, -0.2) is 36.7 Å². The number of aromatic nitrogens is 4. The van der Waals surface area contributed by atoms with Crippen LogP contribution in [0.25, 0.3) is 11.0 Å². The van der Waals surface area contributed by atoms with Crippen LogP contribution in [-0.2, 0) is 4.79 Å². The molecule has 9 heteroatoms. The number of hydrogen-bond donors (Lipinski definition) is 2. The summed E-state index contributed by atoms with van der Waals surface area (Å²) in [5.41, 5.74) is -0.474. The van der Waals surface area contributed by atoms with Gasteiger partial charge in [-0.25, -0.2) is 14.8 Å². The average molecular weight is 387 g/mol. The van der Waals surface area contributed by atoms with Gasteiger partial charge in [0.15, 0.2) is 5.65 Å². The van der Waals surface area contributed by atoms with E-state index in [4.69, 9.17) is 0 Å². The molecule has 0 spiro atoms. The number of aromatic amines is 1. The second kappa shape index (κ2) is 6.19. The van der Waals surface area contributed by atoms with Crippen molar-refractivity contribution in [2.45, 2.75) is 73.7 Å². The highest BCUT2D eigenvalue weighted by Gasteiger charge is 2.33. The van der Waals surface area contributed by atoms with Crippen molar-refractivity contribution in [3.63, 3.8) is 0 Å². The number of nitrogens with one attached hydrogen (secondary N) is 2. The van der Waals surface area contributed by atoms with Crippen LogP contribution in [0.15, 0.2) is 14.6 Å². The smallest absolute Gasteiger partial charge is 0.330 e. The van der Waals surface area contributed by atoms with Crippen LogP contribution < -0.4 is 16.6 Å². The summed E-state index contributed by atoms with van der Waals surface area (Å²) in [6, 6.07) is 0.375. The Labute approximate surface area is 159 Å². The van der Waals surface area contributed by atoms with E-state index < -0.39 is 11.2 Å². The summed E-state index contributed by atoms with van der Waals surface area (Å²) < 4.78 is 1.60. The van der Waals surface area contributed by atoms with Crippen molar-refractivity contribution in [1.82, 2.24) is 24.8 Å². The number of thioether (sulfide) groups is 1. The molecule has 5 rings (SSSR count). The molecule has 1 unspecified atom stereocenters. The molecule has 2 heterocycles. The molecule has 1 atom stereocenters. The summed E-state index contributed by atoms with van der Waals surface area (Å²) in [7, 11) is 0. The molecule has 142 valence electrons. The molecule has 3 aliphatic carbocycles. The molecule has 8 nitrogen and oxygen atoms in total. The second-order valence-electron chi connectivity index (χ2n) is 7.76. The number of fused-ring (bicyclic) bond motifs is 1. The fourth-order valence-corrected chi connectivity index (χ4v) is 4.14. The van der Waals surface area contributed by atoms with Gasteiger partial charge in [0.05, 0.1) is 5.25 Å². The molecule has 1 amide bonds. The number of rotatable bonds is 6. The standard InChI is InChI=1S/C18H21N5O3S/c1-8(15(24)19-10-4-5-10)27-17-12-14(20-13(21-17)9-2-3-9)23(11-6-7-11)18(26)22-16(12)25/h8-11H,2-7H2,1H3,(H,19,24)(H,22,25,26). The van der Waals surface area contributed by atoms with Crippen LogP contribution in [0.3, 0.4) is 0 Å². The minimum absolute atomic E-state index is 0.0471. The number of nitrogens with zero attached hydrogens (tertiary/aromatic N) is 3. The van der Waals surface area contributed by atoms with Crippen molar-refractivity contribution in [3.05, 3.63) is 26.7 Å². The zero-order chi connectivity index (χ0) is 18.7. The van der Waals surface area contributed by atoms with Crippen LogP contribution in [0.2, 0.25) is 0 Å². The molecule has 3 fully saturated rings. The molecular formula is C18H21N5O3S. The van der Waals surface area contributed by atoms with E-state index in [0.29, 0.717) is 21.9 Å². The third-order valence-corrected chi connectivity index (χ3v) is 6.29. The predicted octanol–water partition coefficient (Wildman–Crippen LogP) is 1.45. The van der Waals surface area contributed by atoms with E-state index in [2.05, 4.69) is 20.3 Å². The van der Waals surface area contributed by atoms with Crippen molar-refractivity contribution >= 4 is 28.7 Å². The molecule has 2 N–H and O–H groups in total. The summed E-state index contributed by atoms with van der Waals surface area (Å²) in [6.07, 6.45) is 5.91. The third-order valence-electron chi connectivity index (χ3n) is 5.20. The van der Waals surface area contributed by atoms with Gasteiger partial charge in [0.2, 0.25) is 5.91 Å². The molecule has 0 saturated heterocycles. The summed E-state index contributed by atoms with van der Waals surface area (Å²) in [6.45, 7) is 1.82. The Bertz CT molecular complexity index is 1050. The molecule has 3 saturated carbocycles. The third kappa shape index (κ3) is 3.28. The van der Waals surface area contributed by atoms with E-state index in [1.165, 1.54) is 11.8 Å². The normalized spacial score (nSPS) is 20.6. The number of carbonyl (C=O) groups excluding carboxylic acids is 1. The first kappa shape index (κ1) is 17.0. The largest absolute Gasteiger partial charge is 0.352 e. The van der Waals surface area contributed by atoms with Gasteiger partial charge in [0.1, 0.15) is 16.2 Å². The molecule has 0 aromatic carbocycles. The van der Waals surface area contributed by atoms with Crippen molar-refractivity contribution in [2.24, 2.45) is 0 Å². The van der Waals surface area contributed by atoms with Crippen molar-refractivity contribution < 1.29 is 4.79 Å². The molecule has 0 bridgehead atoms. The second-order valence-corrected chi connectivity index (χ2v) is 9.09. The zero-order valence-electron chi connectivity index (χ0n) is 15.0. The van der Waals surface area contributed by atoms with Gasteiger partial charge in [0, 0.05) is 18.0 Å². The van der Waals surface area contributed by atoms with E-state index in [-0.39, 0.29) is 29.2 Å². The van der Waals surface area contributed by atoms with Gasteiger partial charge in [0.25, 0.3) is 5.56 Å². The Morgan fingerprint density at radius 3 is 2.56 bits per heavy atom. The topological polar surface area (TPSA) is 110 Å². The molecule has 2 aromatic rings. The van der Waals surface area contributed by atoms with E-state index in [9.17, 15) is 14.4 Å². The monoisotopic (exact) mass is 387 g/mol. The number of H-pyrrole nitrogens is 1. The van der Waals surface area contributed by atoms with Crippen molar-refractivity contribution in [3.8, 4) is 0 Å². The number of carbonyl (C=O) groups is 1. The SMILES string of the molecule is CC(Sc1nc(C2CC2)nc2c1c(=O)[nH]c(=O)n2C1CC1)C(=O)NC1CC1. The lowest BCUT2D eigenvalue weighted by Crippen LogP contribution is -2.33.